The van der Waals surface area contributed by atoms with E-state index in [4.69, 9.17) is 16.3 Å². The Hall–Kier alpha value is -3.27. The predicted molar refractivity (Wildman–Crippen MR) is 120 cm³/mol. The Labute approximate surface area is 193 Å². The average molecular weight is 480 g/mol. The van der Waals surface area contributed by atoms with E-state index >= 15 is 0 Å². The Kier molecular flexibility index (Phi) is 6.20. The summed E-state index contributed by atoms with van der Waals surface area (Å²) in [6.45, 7) is 3.99. The highest BCUT2D eigenvalue weighted by atomic mass is 35.5. The van der Waals surface area contributed by atoms with Gasteiger partial charge in [-0.1, -0.05) is 23.7 Å². The molecule has 174 valence electrons. The molecule has 33 heavy (non-hydrogen) atoms. The molecule has 2 aromatic heterocycles. The van der Waals surface area contributed by atoms with E-state index in [0.29, 0.717) is 25.0 Å². The summed E-state index contributed by atoms with van der Waals surface area (Å²) in [6, 6.07) is 9.70. The van der Waals surface area contributed by atoms with Crippen molar-refractivity contribution in [3.63, 3.8) is 0 Å². The number of nitrogens with zero attached hydrogens (tertiary/aromatic N) is 5. The van der Waals surface area contributed by atoms with Crippen molar-refractivity contribution >= 4 is 23.0 Å². The van der Waals surface area contributed by atoms with E-state index in [1.807, 2.05) is 24.3 Å². The van der Waals surface area contributed by atoms with Crippen LogP contribution >= 0.6 is 11.6 Å². The van der Waals surface area contributed by atoms with E-state index < -0.39 is 17.3 Å². The Morgan fingerprint density at radius 1 is 1.21 bits per heavy atom. The first-order valence-corrected chi connectivity index (χ1v) is 10.6. The summed E-state index contributed by atoms with van der Waals surface area (Å²) in [6.07, 6.45) is -2.67. The van der Waals surface area contributed by atoms with Gasteiger partial charge >= 0.3 is 6.18 Å². The van der Waals surface area contributed by atoms with Crippen LogP contribution in [0, 0.1) is 0 Å². The number of alkyl halides is 3. The van der Waals surface area contributed by atoms with Gasteiger partial charge in [-0.25, -0.2) is 4.98 Å². The lowest BCUT2D eigenvalue weighted by molar-refractivity contribution is -0.137. The molecule has 1 aliphatic heterocycles. The van der Waals surface area contributed by atoms with Gasteiger partial charge in [0.2, 0.25) is 0 Å². The summed E-state index contributed by atoms with van der Waals surface area (Å²) in [4.78, 5) is 20.5. The van der Waals surface area contributed by atoms with Gasteiger partial charge in [0.1, 0.15) is 16.9 Å². The Balaban J connectivity index is 1.54. The first kappa shape index (κ1) is 22.9. The summed E-state index contributed by atoms with van der Waals surface area (Å²) in [7, 11) is 1.77. The third kappa shape index (κ3) is 4.61. The highest BCUT2D eigenvalue weighted by Gasteiger charge is 2.31. The van der Waals surface area contributed by atoms with Crippen molar-refractivity contribution in [1.29, 1.82) is 0 Å². The van der Waals surface area contributed by atoms with E-state index in [1.165, 1.54) is 6.20 Å². The molecule has 0 fully saturated rings. The Bertz CT molecular complexity index is 1200. The fourth-order valence-electron chi connectivity index (χ4n) is 3.71. The number of para-hydroxylation sites is 2. The first-order valence-electron chi connectivity index (χ1n) is 10.2. The molecule has 3 heterocycles. The van der Waals surface area contributed by atoms with E-state index in [2.05, 4.69) is 21.9 Å². The molecule has 1 aliphatic rings. The number of benzene rings is 1. The molecule has 7 nitrogen and oxygen atoms in total. The van der Waals surface area contributed by atoms with Crippen LogP contribution in [0.4, 0.5) is 24.5 Å². The van der Waals surface area contributed by atoms with Crippen LogP contribution in [0.2, 0.25) is 5.02 Å². The van der Waals surface area contributed by atoms with Crippen LogP contribution in [0.3, 0.4) is 0 Å². The number of pyridine rings is 1. The molecule has 0 N–H and O–H groups in total. The lowest BCUT2D eigenvalue weighted by atomic mass is 10.2. The summed E-state index contributed by atoms with van der Waals surface area (Å²) in [5.41, 5.74) is -0.184. The first-order chi connectivity index (χ1) is 15.7. The quantitative estimate of drug-likeness (QED) is 0.551. The highest BCUT2D eigenvalue weighted by molar-refractivity contribution is 6.33. The largest absolute Gasteiger partial charge is 0.485 e. The van der Waals surface area contributed by atoms with Crippen molar-refractivity contribution in [2.45, 2.75) is 19.2 Å². The monoisotopic (exact) mass is 479 g/mol. The molecule has 1 unspecified atom stereocenters. The van der Waals surface area contributed by atoms with Gasteiger partial charge < -0.3 is 14.5 Å². The fourth-order valence-corrected chi connectivity index (χ4v) is 3.98. The van der Waals surface area contributed by atoms with Gasteiger partial charge in [0.25, 0.3) is 5.56 Å². The standard InChI is InChI=1S/C22H21ClF3N5O2/c1-3-30-13-15(33-18-7-5-4-6-16(18)30)12-29(2)17-11-28-31(21(32)20(17)23)19-9-8-14(10-27-19)22(24,25)26/h4-11,15H,3,12-13H2,1-2H3. The zero-order valence-corrected chi connectivity index (χ0v) is 18.6. The summed E-state index contributed by atoms with van der Waals surface area (Å²) in [5, 5.41) is 3.95. The van der Waals surface area contributed by atoms with Gasteiger partial charge in [0.05, 0.1) is 36.2 Å². The van der Waals surface area contributed by atoms with Gasteiger partial charge in [0.15, 0.2) is 5.82 Å². The Morgan fingerprint density at radius 2 is 1.97 bits per heavy atom. The number of ether oxygens (including phenoxy) is 1. The number of anilines is 2. The molecule has 0 saturated carbocycles. The van der Waals surface area contributed by atoms with Crippen molar-refractivity contribution in [3.8, 4) is 11.6 Å². The summed E-state index contributed by atoms with van der Waals surface area (Å²) < 4.78 is 45.3. The molecule has 0 aliphatic carbocycles. The molecule has 0 radical (unpaired) electrons. The maximum absolute atomic E-state index is 12.8. The lowest BCUT2D eigenvalue weighted by Crippen LogP contribution is -2.46. The number of aromatic nitrogens is 3. The SMILES string of the molecule is CCN1CC(CN(C)c2cnn(-c3ccc(C(F)(F)F)cn3)c(=O)c2Cl)Oc2ccccc21. The molecule has 3 aromatic rings. The van der Waals surface area contributed by atoms with Crippen molar-refractivity contribution in [1.82, 2.24) is 14.8 Å². The van der Waals surface area contributed by atoms with Gasteiger partial charge in [-0.05, 0) is 31.2 Å². The molecule has 0 saturated heterocycles. The van der Waals surface area contributed by atoms with Gasteiger partial charge in [-0.3, -0.25) is 4.79 Å². The van der Waals surface area contributed by atoms with Gasteiger partial charge in [-0.2, -0.15) is 23.0 Å². The molecule has 0 spiro atoms. The molecular weight excluding hydrogens is 459 g/mol. The molecule has 11 heteroatoms. The number of fused-ring (bicyclic) bond motifs is 1. The van der Waals surface area contributed by atoms with Crippen LogP contribution in [0.5, 0.6) is 5.75 Å². The predicted octanol–water partition coefficient (Wildman–Crippen LogP) is 4.02. The van der Waals surface area contributed by atoms with Gasteiger partial charge in [0, 0.05) is 19.8 Å². The lowest BCUT2D eigenvalue weighted by Gasteiger charge is -2.37. The summed E-state index contributed by atoms with van der Waals surface area (Å²) >= 11 is 6.33. The van der Waals surface area contributed by atoms with Crippen molar-refractivity contribution in [3.05, 3.63) is 69.7 Å². The van der Waals surface area contributed by atoms with Crippen LogP contribution in [0.25, 0.3) is 5.82 Å². The Morgan fingerprint density at radius 3 is 2.64 bits per heavy atom. The third-order valence-electron chi connectivity index (χ3n) is 5.39. The number of hydrogen-bond donors (Lipinski definition) is 0. The molecule has 0 bridgehead atoms. The van der Waals surface area contributed by atoms with Crippen LogP contribution < -0.4 is 20.1 Å². The van der Waals surface area contributed by atoms with Crippen LogP contribution in [-0.2, 0) is 6.18 Å². The minimum atomic E-state index is -4.52. The number of halogens is 4. The molecule has 4 rings (SSSR count). The molecular formula is C22H21ClF3N5O2. The average Bonchev–Trinajstić information content (AvgIpc) is 2.79. The second-order valence-corrected chi connectivity index (χ2v) is 7.97. The number of rotatable bonds is 5. The van der Waals surface area contributed by atoms with E-state index in [1.54, 1.807) is 11.9 Å². The second-order valence-electron chi connectivity index (χ2n) is 7.59. The number of likely N-dealkylation sites (N-methyl/N-ethyl adjacent to an activating group) is 2. The van der Waals surface area contributed by atoms with E-state index in [9.17, 15) is 18.0 Å². The summed E-state index contributed by atoms with van der Waals surface area (Å²) in [5.74, 6) is 0.729. The van der Waals surface area contributed by atoms with Crippen LogP contribution in [0.1, 0.15) is 12.5 Å². The molecule has 0 amide bonds. The maximum Gasteiger partial charge on any atom is 0.417 e. The fraction of sp³-hybridized carbons (Fsp3) is 0.318. The minimum Gasteiger partial charge on any atom is -0.485 e. The third-order valence-corrected chi connectivity index (χ3v) is 5.74. The second kappa shape index (κ2) is 8.93. The zero-order valence-electron chi connectivity index (χ0n) is 17.9. The van der Waals surface area contributed by atoms with Crippen molar-refractivity contribution in [2.75, 3.05) is 36.5 Å². The van der Waals surface area contributed by atoms with Gasteiger partial charge in [-0.15, -0.1) is 0 Å². The smallest absolute Gasteiger partial charge is 0.417 e. The van der Waals surface area contributed by atoms with E-state index in [-0.39, 0.29) is 16.9 Å². The number of hydrogen-bond acceptors (Lipinski definition) is 6. The van der Waals surface area contributed by atoms with Crippen molar-refractivity contribution in [2.24, 2.45) is 0 Å². The van der Waals surface area contributed by atoms with Crippen LogP contribution in [-0.4, -0.2) is 47.6 Å². The molecule has 1 atom stereocenters. The molecule has 1 aromatic carbocycles. The van der Waals surface area contributed by atoms with Crippen molar-refractivity contribution < 1.29 is 17.9 Å². The highest BCUT2D eigenvalue weighted by Crippen LogP contribution is 2.33. The topological polar surface area (TPSA) is 63.5 Å². The van der Waals surface area contributed by atoms with E-state index in [0.717, 1.165) is 34.8 Å². The minimum absolute atomic E-state index is 0.0603. The normalized spacial score (nSPS) is 15.7. The maximum atomic E-state index is 12.8. The zero-order chi connectivity index (χ0) is 23.8. The van der Waals surface area contributed by atoms with Crippen LogP contribution in [0.15, 0.2) is 53.6 Å².